The predicted octanol–water partition coefficient (Wildman–Crippen LogP) is 1.50. The highest BCUT2D eigenvalue weighted by Gasteiger charge is 2.18. The minimum absolute atomic E-state index is 0.0690. The lowest BCUT2D eigenvalue weighted by atomic mass is 10.1. The lowest BCUT2D eigenvalue weighted by Crippen LogP contribution is -2.21. The van der Waals surface area contributed by atoms with Gasteiger partial charge in [-0.05, 0) is 19.1 Å². The zero-order valence-electron chi connectivity index (χ0n) is 10.0. The van der Waals surface area contributed by atoms with Gasteiger partial charge in [0.2, 0.25) is 5.13 Å². The number of carbonyl (C=O) groups is 1. The highest BCUT2D eigenvalue weighted by Crippen LogP contribution is 2.30. The van der Waals surface area contributed by atoms with Crippen molar-refractivity contribution in [2.24, 2.45) is 16.5 Å². The van der Waals surface area contributed by atoms with Crippen LogP contribution in [0.25, 0.3) is 11.5 Å². The van der Waals surface area contributed by atoms with Crippen LogP contribution in [0.5, 0.6) is 0 Å². The van der Waals surface area contributed by atoms with Gasteiger partial charge in [-0.15, -0.1) is 11.3 Å². The van der Waals surface area contributed by atoms with E-state index < -0.39 is 11.9 Å². The van der Waals surface area contributed by atoms with Crippen LogP contribution in [0.2, 0.25) is 0 Å². The van der Waals surface area contributed by atoms with E-state index >= 15 is 0 Å². The Hall–Kier alpha value is -2.35. The quantitative estimate of drug-likeness (QED) is 0.575. The Morgan fingerprint density at radius 2 is 2.26 bits per heavy atom. The Morgan fingerprint density at radius 1 is 1.53 bits per heavy atom. The van der Waals surface area contributed by atoms with Crippen LogP contribution in [0.3, 0.4) is 0 Å². The molecule has 2 heterocycles. The normalized spacial score (nSPS) is 12.1. The van der Waals surface area contributed by atoms with Gasteiger partial charge in [-0.25, -0.2) is 4.98 Å². The molecule has 2 rings (SSSR count). The van der Waals surface area contributed by atoms with Crippen molar-refractivity contribution in [3.63, 3.8) is 0 Å². The van der Waals surface area contributed by atoms with Crippen LogP contribution in [0.15, 0.2) is 26.9 Å². The average molecular weight is 280 g/mol. The van der Waals surface area contributed by atoms with Crippen molar-refractivity contribution < 1.29 is 14.3 Å². The summed E-state index contributed by atoms with van der Waals surface area (Å²) >= 11 is 1.26. The number of hydrogen-bond acceptors (Lipinski definition) is 5. The van der Waals surface area contributed by atoms with Gasteiger partial charge < -0.3 is 21.0 Å². The third kappa shape index (κ3) is 2.91. The predicted molar refractivity (Wildman–Crippen MR) is 71.3 cm³/mol. The molecular weight excluding hydrogens is 268 g/mol. The molecule has 2 aromatic rings. The van der Waals surface area contributed by atoms with Crippen LogP contribution >= 0.6 is 11.3 Å². The van der Waals surface area contributed by atoms with E-state index in [0.717, 1.165) is 0 Å². The number of guanidine groups is 1. The molecule has 1 unspecified atom stereocenters. The van der Waals surface area contributed by atoms with Gasteiger partial charge in [-0.3, -0.25) is 4.79 Å². The summed E-state index contributed by atoms with van der Waals surface area (Å²) in [4.78, 5) is 18.8. The van der Waals surface area contributed by atoms with E-state index in [4.69, 9.17) is 21.0 Å². The molecule has 2 aromatic heterocycles. The number of carboxylic acid groups (broad SMARTS) is 1. The molecule has 0 aliphatic heterocycles. The summed E-state index contributed by atoms with van der Waals surface area (Å²) in [6.07, 6.45) is 0. The van der Waals surface area contributed by atoms with Gasteiger partial charge in [-0.2, -0.15) is 4.99 Å². The molecule has 0 spiro atoms. The van der Waals surface area contributed by atoms with Crippen LogP contribution in [-0.4, -0.2) is 22.0 Å². The van der Waals surface area contributed by atoms with Crippen molar-refractivity contribution in [3.05, 3.63) is 23.3 Å². The van der Waals surface area contributed by atoms with Crippen molar-refractivity contribution >= 4 is 28.4 Å². The van der Waals surface area contributed by atoms with Gasteiger partial charge in [-0.1, -0.05) is 0 Å². The largest absolute Gasteiger partial charge is 0.481 e. The molecule has 0 aromatic carbocycles. The van der Waals surface area contributed by atoms with Crippen LogP contribution in [0, 0.1) is 0 Å². The van der Waals surface area contributed by atoms with Gasteiger partial charge in [0, 0.05) is 5.38 Å². The van der Waals surface area contributed by atoms with Crippen molar-refractivity contribution in [2.45, 2.75) is 12.8 Å². The summed E-state index contributed by atoms with van der Waals surface area (Å²) in [5.74, 6) is -0.860. The molecule has 0 amide bonds. The summed E-state index contributed by atoms with van der Waals surface area (Å²) < 4.78 is 5.46. The molecule has 19 heavy (non-hydrogen) atoms. The summed E-state index contributed by atoms with van der Waals surface area (Å²) in [6.45, 7) is 1.55. The van der Waals surface area contributed by atoms with Crippen LogP contribution < -0.4 is 11.5 Å². The monoisotopic (exact) mass is 280 g/mol. The van der Waals surface area contributed by atoms with Crippen molar-refractivity contribution in [1.29, 1.82) is 0 Å². The van der Waals surface area contributed by atoms with E-state index in [1.54, 1.807) is 24.4 Å². The molecule has 100 valence electrons. The standard InChI is InChI=1S/C11H12N4O3S/c1-5(9(16)17)7-2-3-8(18-7)6-4-19-11(14-6)15-10(12)13/h2-5H,1H3,(H,16,17)(H4,12,13,14,15). The van der Waals surface area contributed by atoms with Crippen LogP contribution in [0.1, 0.15) is 18.6 Å². The summed E-state index contributed by atoms with van der Waals surface area (Å²) in [7, 11) is 0. The smallest absolute Gasteiger partial charge is 0.313 e. The van der Waals surface area contributed by atoms with E-state index in [0.29, 0.717) is 22.3 Å². The molecule has 0 aliphatic rings. The van der Waals surface area contributed by atoms with E-state index in [1.807, 2.05) is 0 Å². The molecule has 7 nitrogen and oxygen atoms in total. The highest BCUT2D eigenvalue weighted by molar-refractivity contribution is 7.13. The van der Waals surface area contributed by atoms with Gasteiger partial charge in [0.1, 0.15) is 17.4 Å². The number of carboxylic acids is 1. The highest BCUT2D eigenvalue weighted by atomic mass is 32.1. The maximum atomic E-state index is 10.9. The molecular formula is C11H12N4O3S. The summed E-state index contributed by atoms with van der Waals surface area (Å²) in [6, 6.07) is 3.29. The van der Waals surface area contributed by atoms with Gasteiger partial charge >= 0.3 is 5.97 Å². The fourth-order valence-electron chi connectivity index (χ4n) is 1.38. The second-order valence-corrected chi connectivity index (χ2v) is 4.65. The zero-order chi connectivity index (χ0) is 14.0. The van der Waals surface area contributed by atoms with E-state index in [2.05, 4.69) is 9.98 Å². The minimum atomic E-state index is -0.944. The molecule has 8 heteroatoms. The van der Waals surface area contributed by atoms with Crippen molar-refractivity contribution in [1.82, 2.24) is 4.98 Å². The number of hydrogen-bond donors (Lipinski definition) is 3. The first-order valence-electron chi connectivity index (χ1n) is 5.35. The first-order valence-corrected chi connectivity index (χ1v) is 6.23. The number of nitrogens with two attached hydrogens (primary N) is 2. The molecule has 0 saturated carbocycles. The second-order valence-electron chi connectivity index (χ2n) is 3.81. The van der Waals surface area contributed by atoms with Gasteiger partial charge in [0.25, 0.3) is 0 Å². The fourth-order valence-corrected chi connectivity index (χ4v) is 2.08. The summed E-state index contributed by atoms with van der Waals surface area (Å²) in [5, 5.41) is 11.0. The first kappa shape index (κ1) is 13.1. The third-order valence-corrected chi connectivity index (χ3v) is 3.13. The van der Waals surface area contributed by atoms with Crippen molar-refractivity contribution in [2.75, 3.05) is 0 Å². The first-order chi connectivity index (χ1) is 8.97. The molecule has 5 N–H and O–H groups in total. The number of aromatic nitrogens is 1. The summed E-state index contributed by atoms with van der Waals surface area (Å²) in [5.41, 5.74) is 11.1. The van der Waals surface area contributed by atoms with E-state index in [9.17, 15) is 4.79 Å². The zero-order valence-corrected chi connectivity index (χ0v) is 10.8. The van der Waals surface area contributed by atoms with E-state index in [-0.39, 0.29) is 5.96 Å². The molecule has 0 radical (unpaired) electrons. The fraction of sp³-hybridized carbons (Fsp3) is 0.182. The number of rotatable bonds is 4. The van der Waals surface area contributed by atoms with Crippen LogP contribution in [-0.2, 0) is 4.79 Å². The molecule has 0 saturated heterocycles. The Labute approximate surface area is 112 Å². The number of nitrogens with zero attached hydrogens (tertiary/aromatic N) is 2. The molecule has 1 atom stereocenters. The Kier molecular flexibility index (Phi) is 3.52. The Morgan fingerprint density at radius 3 is 2.89 bits per heavy atom. The van der Waals surface area contributed by atoms with Gasteiger partial charge in [0.05, 0.1) is 0 Å². The molecule has 0 aliphatic carbocycles. The number of aliphatic imine (C=N–C) groups is 1. The molecule has 0 fully saturated rings. The van der Waals surface area contributed by atoms with E-state index in [1.165, 1.54) is 11.3 Å². The lowest BCUT2D eigenvalue weighted by Gasteiger charge is -2.00. The SMILES string of the molecule is CC(C(=O)O)c1ccc(-c2csc(N=C(N)N)n2)o1. The topological polar surface area (TPSA) is 128 Å². The van der Waals surface area contributed by atoms with Gasteiger partial charge in [0.15, 0.2) is 11.7 Å². The van der Waals surface area contributed by atoms with Crippen LogP contribution in [0.4, 0.5) is 5.13 Å². The second kappa shape index (κ2) is 5.11. The third-order valence-electron chi connectivity index (χ3n) is 2.39. The number of furan rings is 1. The number of aliphatic carboxylic acids is 1. The van der Waals surface area contributed by atoms with Crippen molar-refractivity contribution in [3.8, 4) is 11.5 Å². The maximum absolute atomic E-state index is 10.9. The lowest BCUT2D eigenvalue weighted by molar-refractivity contribution is -0.138. The Balaban J connectivity index is 2.26. The maximum Gasteiger partial charge on any atom is 0.313 e. The molecule has 0 bridgehead atoms. The minimum Gasteiger partial charge on any atom is -0.481 e. The Bertz CT molecular complexity index is 627. The average Bonchev–Trinajstić information content (AvgIpc) is 2.94. The number of thiazole rings is 1.